The monoisotopic (exact) mass is 311 g/mol. The number of fused-ring (bicyclic) bond motifs is 1. The van der Waals surface area contributed by atoms with E-state index < -0.39 is 0 Å². The normalized spacial score (nSPS) is 11.1. The molecule has 3 nitrogen and oxygen atoms in total. The number of carbonyl (C=O) groups excluding carboxylic acids is 1. The predicted octanol–water partition coefficient (Wildman–Crippen LogP) is 3.83. The first-order valence-corrected chi connectivity index (χ1v) is 8.45. The van der Waals surface area contributed by atoms with Gasteiger partial charge in [-0.25, -0.2) is 0 Å². The summed E-state index contributed by atoms with van der Waals surface area (Å²) in [6.45, 7) is 2.57. The summed E-state index contributed by atoms with van der Waals surface area (Å²) in [6.07, 6.45) is 6.76. The Bertz CT molecular complexity index is 604. The lowest BCUT2D eigenvalue weighted by atomic mass is 10.0. The molecule has 0 aliphatic rings. The summed E-state index contributed by atoms with van der Waals surface area (Å²) in [6, 6.07) is 14.6. The third-order valence-electron chi connectivity index (χ3n) is 4.15. The Kier molecular flexibility index (Phi) is 7.08. The summed E-state index contributed by atoms with van der Waals surface area (Å²) < 4.78 is 0. The van der Waals surface area contributed by atoms with Crippen molar-refractivity contribution in [2.45, 2.75) is 32.2 Å². The van der Waals surface area contributed by atoms with Crippen LogP contribution in [0, 0.1) is 0 Å². The minimum atomic E-state index is 0.641. The maximum atomic E-state index is 11.2. The van der Waals surface area contributed by atoms with Gasteiger partial charge in [0.2, 0.25) is 0 Å². The molecule has 3 heteroatoms. The second kappa shape index (κ2) is 9.31. The Labute approximate surface area is 139 Å². The van der Waals surface area contributed by atoms with E-state index in [1.54, 1.807) is 4.90 Å². The van der Waals surface area contributed by atoms with Gasteiger partial charge in [-0.05, 0) is 49.8 Å². The van der Waals surface area contributed by atoms with Crippen molar-refractivity contribution in [1.82, 2.24) is 9.80 Å². The van der Waals surface area contributed by atoms with Gasteiger partial charge in [-0.3, -0.25) is 4.79 Å². The Hall–Kier alpha value is -1.87. The highest BCUT2D eigenvalue weighted by Gasteiger charge is 2.07. The molecule has 23 heavy (non-hydrogen) atoms. The summed E-state index contributed by atoms with van der Waals surface area (Å²) in [5.41, 5.74) is 1.19. The maximum absolute atomic E-state index is 11.2. The van der Waals surface area contributed by atoms with Gasteiger partial charge in [0, 0.05) is 13.1 Å². The number of unbranched alkanes of at least 4 members (excludes halogenated alkanes) is 3. The Balaban J connectivity index is 1.83. The average molecular weight is 311 g/mol. The first-order chi connectivity index (χ1) is 11.2. The topological polar surface area (TPSA) is 23.6 Å². The number of rotatable bonds is 10. The average Bonchev–Trinajstić information content (AvgIpc) is 2.56. The fourth-order valence-corrected chi connectivity index (χ4v) is 2.88. The van der Waals surface area contributed by atoms with Gasteiger partial charge < -0.3 is 9.80 Å². The van der Waals surface area contributed by atoms with Crippen LogP contribution in [-0.2, 0) is 11.3 Å². The molecule has 0 aromatic heterocycles. The lowest BCUT2D eigenvalue weighted by molar-refractivity contribution is 0.355. The molecule has 0 N–H and O–H groups in total. The fourth-order valence-electron chi connectivity index (χ4n) is 2.88. The molecule has 0 bridgehead atoms. The molecule has 0 spiro atoms. The van der Waals surface area contributed by atoms with Gasteiger partial charge in [-0.1, -0.05) is 55.3 Å². The molecule has 0 saturated carbocycles. The van der Waals surface area contributed by atoms with Gasteiger partial charge in [0.1, 0.15) is 0 Å². The van der Waals surface area contributed by atoms with E-state index in [-0.39, 0.29) is 0 Å². The molecule has 0 heterocycles. The fraction of sp³-hybridized carbons (Fsp3) is 0.450. The van der Waals surface area contributed by atoms with Gasteiger partial charge >= 0.3 is 6.41 Å². The quantitative estimate of drug-likeness (QED) is 0.492. The minimum Gasteiger partial charge on any atom is -0.330 e. The summed E-state index contributed by atoms with van der Waals surface area (Å²) in [7, 11) is 4.21. The molecule has 0 saturated heterocycles. The second-order valence-corrected chi connectivity index (χ2v) is 6.37. The molecule has 0 fully saturated rings. The maximum Gasteiger partial charge on any atom is 0.312 e. The smallest absolute Gasteiger partial charge is 0.312 e. The van der Waals surface area contributed by atoms with Crippen LogP contribution in [0.1, 0.15) is 31.2 Å². The van der Waals surface area contributed by atoms with E-state index in [0.717, 1.165) is 19.5 Å². The molecule has 2 aromatic carbocycles. The first-order valence-electron chi connectivity index (χ1n) is 8.45. The highest BCUT2D eigenvalue weighted by Crippen LogP contribution is 2.19. The van der Waals surface area contributed by atoms with E-state index in [2.05, 4.69) is 55.7 Å². The Morgan fingerprint density at radius 1 is 0.870 bits per heavy atom. The largest absolute Gasteiger partial charge is 0.330 e. The van der Waals surface area contributed by atoms with Crippen LogP contribution in [0.25, 0.3) is 10.8 Å². The lowest BCUT2D eigenvalue weighted by Crippen LogP contribution is -2.22. The summed E-state index contributed by atoms with van der Waals surface area (Å²) in [5.74, 6) is 0. The third kappa shape index (κ3) is 5.68. The molecule has 123 valence electrons. The predicted molar refractivity (Wildman–Crippen MR) is 97.1 cm³/mol. The van der Waals surface area contributed by atoms with E-state index in [0.29, 0.717) is 6.54 Å². The van der Waals surface area contributed by atoms with Crippen LogP contribution >= 0.6 is 0 Å². The molecule has 0 aliphatic heterocycles. The van der Waals surface area contributed by atoms with E-state index in [1.807, 2.05) is 12.1 Å². The molecule has 0 atom stereocenters. The summed E-state index contributed by atoms with van der Waals surface area (Å²) in [4.78, 5) is 15.2. The van der Waals surface area contributed by atoms with Crippen molar-refractivity contribution >= 4 is 17.2 Å². The molecule has 2 rings (SSSR count). The van der Waals surface area contributed by atoms with Gasteiger partial charge in [0.25, 0.3) is 0 Å². The summed E-state index contributed by atoms with van der Waals surface area (Å²) >= 11 is 0. The van der Waals surface area contributed by atoms with E-state index in [1.165, 1.54) is 35.6 Å². The zero-order valence-electron chi connectivity index (χ0n) is 14.3. The van der Waals surface area contributed by atoms with Crippen LogP contribution in [0.3, 0.4) is 0 Å². The van der Waals surface area contributed by atoms with Crippen LogP contribution in [-0.4, -0.2) is 43.4 Å². The van der Waals surface area contributed by atoms with Crippen LogP contribution in [0.5, 0.6) is 0 Å². The molecule has 1 amide bonds. The highest BCUT2D eigenvalue weighted by atomic mass is 16.1. The van der Waals surface area contributed by atoms with Crippen molar-refractivity contribution in [2.24, 2.45) is 0 Å². The van der Waals surface area contributed by atoms with Crippen molar-refractivity contribution in [3.05, 3.63) is 48.0 Å². The lowest BCUT2D eigenvalue weighted by Gasteiger charge is -2.17. The summed E-state index contributed by atoms with van der Waals surface area (Å²) in [5, 5.41) is 2.45. The van der Waals surface area contributed by atoms with E-state index in [4.69, 9.17) is 0 Å². The van der Waals surface area contributed by atoms with Crippen LogP contribution in [0.4, 0.5) is 0 Å². The van der Waals surface area contributed by atoms with Crippen molar-refractivity contribution in [1.29, 1.82) is 0 Å². The van der Waals surface area contributed by atoms with Crippen molar-refractivity contribution in [2.75, 3.05) is 27.2 Å². The van der Waals surface area contributed by atoms with Crippen molar-refractivity contribution in [3.8, 4) is 0 Å². The number of hydrogen-bond donors (Lipinski definition) is 0. The first kappa shape index (κ1) is 17.5. The molecule has 0 aliphatic carbocycles. The number of amides is 1. The SMILES string of the molecule is CN(C)CCCCCCN([C]=O)Cc1cccc2ccccc12. The zero-order valence-corrected chi connectivity index (χ0v) is 14.3. The van der Waals surface area contributed by atoms with Gasteiger partial charge in [-0.15, -0.1) is 0 Å². The zero-order chi connectivity index (χ0) is 16.5. The van der Waals surface area contributed by atoms with Crippen molar-refractivity contribution in [3.63, 3.8) is 0 Å². The second-order valence-electron chi connectivity index (χ2n) is 6.37. The van der Waals surface area contributed by atoms with Gasteiger partial charge in [0.05, 0.1) is 0 Å². The Morgan fingerprint density at radius 3 is 2.30 bits per heavy atom. The highest BCUT2D eigenvalue weighted by molar-refractivity contribution is 5.85. The van der Waals surface area contributed by atoms with E-state index in [9.17, 15) is 4.79 Å². The molecule has 0 unspecified atom stereocenters. The standard InChI is InChI=1S/C20H27N2O/c1-21(2)14-7-3-4-8-15-22(17-23)16-19-12-9-11-18-10-5-6-13-20(18)19/h5-6,9-13H,3-4,7-8,14-16H2,1-2H3. The molecule has 2 aromatic rings. The van der Waals surface area contributed by atoms with E-state index >= 15 is 0 Å². The van der Waals surface area contributed by atoms with Crippen molar-refractivity contribution < 1.29 is 4.79 Å². The molecule has 1 radical (unpaired) electrons. The minimum absolute atomic E-state index is 0.641. The molecular formula is C20H27N2O. The number of hydrogen-bond acceptors (Lipinski definition) is 2. The Morgan fingerprint density at radius 2 is 1.57 bits per heavy atom. The van der Waals surface area contributed by atoms with Gasteiger partial charge in [-0.2, -0.15) is 0 Å². The van der Waals surface area contributed by atoms with Gasteiger partial charge in [0.15, 0.2) is 0 Å². The van der Waals surface area contributed by atoms with Crippen LogP contribution in [0.15, 0.2) is 42.5 Å². The number of benzene rings is 2. The van der Waals surface area contributed by atoms with Crippen LogP contribution < -0.4 is 0 Å². The van der Waals surface area contributed by atoms with Crippen LogP contribution in [0.2, 0.25) is 0 Å². The molecular weight excluding hydrogens is 284 g/mol. The third-order valence-corrected chi connectivity index (χ3v) is 4.15. The number of nitrogens with zero attached hydrogens (tertiary/aromatic N) is 2.